The molecule has 0 aliphatic carbocycles. The molecule has 0 saturated heterocycles. The van der Waals surface area contributed by atoms with Gasteiger partial charge in [0.05, 0.1) is 16.6 Å². The fourth-order valence-corrected chi connectivity index (χ4v) is 3.28. The van der Waals surface area contributed by atoms with Crippen LogP contribution in [0.2, 0.25) is 0 Å². The van der Waals surface area contributed by atoms with Crippen LogP contribution in [0.1, 0.15) is 32.5 Å². The van der Waals surface area contributed by atoms with E-state index in [1.54, 1.807) is 10.8 Å². The molecule has 1 aromatic carbocycles. The van der Waals surface area contributed by atoms with Crippen molar-refractivity contribution < 1.29 is 0 Å². The molecule has 0 aliphatic rings. The molecule has 4 aromatic rings. The van der Waals surface area contributed by atoms with Crippen LogP contribution in [0.3, 0.4) is 0 Å². The molecule has 0 unspecified atom stereocenters. The van der Waals surface area contributed by atoms with Gasteiger partial charge in [0.25, 0.3) is 5.56 Å². The Morgan fingerprint density at radius 3 is 2.56 bits per heavy atom. The van der Waals surface area contributed by atoms with Crippen LogP contribution in [-0.4, -0.2) is 19.2 Å². The Balaban J connectivity index is 2.09. The molecule has 5 heteroatoms. The van der Waals surface area contributed by atoms with Gasteiger partial charge in [-0.15, -0.1) is 0 Å². The maximum Gasteiger partial charge on any atom is 0.261 e. The summed E-state index contributed by atoms with van der Waals surface area (Å²) in [5.74, 6) is 0. The van der Waals surface area contributed by atoms with Gasteiger partial charge in [-0.25, -0.2) is 9.50 Å². The molecular weight excluding hydrogens is 312 g/mol. The van der Waals surface area contributed by atoms with Gasteiger partial charge in [-0.2, -0.15) is 5.10 Å². The number of benzene rings is 1. The summed E-state index contributed by atoms with van der Waals surface area (Å²) in [6, 6.07) is 12.2. The third-order valence-corrected chi connectivity index (χ3v) is 4.57. The number of hydrogen-bond acceptors (Lipinski definition) is 3. The summed E-state index contributed by atoms with van der Waals surface area (Å²) in [4.78, 5) is 17.3. The predicted molar refractivity (Wildman–Crippen MR) is 100.0 cm³/mol. The lowest BCUT2D eigenvalue weighted by Crippen LogP contribution is -2.22. The Morgan fingerprint density at radius 1 is 1.12 bits per heavy atom. The van der Waals surface area contributed by atoms with Crippen molar-refractivity contribution in [2.75, 3.05) is 0 Å². The zero-order valence-electron chi connectivity index (χ0n) is 14.6. The maximum absolute atomic E-state index is 12.7. The van der Waals surface area contributed by atoms with Gasteiger partial charge in [-0.3, -0.25) is 4.79 Å². The second-order valence-electron chi connectivity index (χ2n) is 6.46. The van der Waals surface area contributed by atoms with E-state index in [2.05, 4.69) is 24.0 Å². The lowest BCUT2D eigenvalue weighted by Gasteiger charge is -2.10. The summed E-state index contributed by atoms with van der Waals surface area (Å²) in [6.45, 7) is 6.08. The van der Waals surface area contributed by atoms with Crippen LogP contribution >= 0.6 is 0 Å². The van der Waals surface area contributed by atoms with Gasteiger partial charge >= 0.3 is 0 Å². The predicted octanol–water partition coefficient (Wildman–Crippen LogP) is 3.85. The van der Waals surface area contributed by atoms with Gasteiger partial charge in [-0.1, -0.05) is 37.3 Å². The Morgan fingerprint density at radius 2 is 1.88 bits per heavy atom. The summed E-state index contributed by atoms with van der Waals surface area (Å²) < 4.78 is 3.53. The molecule has 0 fully saturated rings. The summed E-state index contributed by atoms with van der Waals surface area (Å²) >= 11 is 0. The SMILES string of the molecule is CCc1nn2c(ncc3c(=O)n(C(C)C)ccc32)c1-c1ccccc1. The highest BCUT2D eigenvalue weighted by atomic mass is 16.1. The highest BCUT2D eigenvalue weighted by Crippen LogP contribution is 2.29. The van der Waals surface area contributed by atoms with Crippen LogP contribution in [0.4, 0.5) is 0 Å². The van der Waals surface area contributed by atoms with E-state index in [0.29, 0.717) is 5.39 Å². The molecule has 0 N–H and O–H groups in total. The van der Waals surface area contributed by atoms with E-state index in [1.165, 1.54) is 0 Å². The van der Waals surface area contributed by atoms with Crippen LogP contribution in [-0.2, 0) is 6.42 Å². The topological polar surface area (TPSA) is 52.2 Å². The average Bonchev–Trinajstić information content (AvgIpc) is 3.01. The van der Waals surface area contributed by atoms with Gasteiger partial charge in [-0.05, 0) is 31.9 Å². The number of hydrogen-bond donors (Lipinski definition) is 0. The first-order valence-electron chi connectivity index (χ1n) is 8.58. The Hall–Kier alpha value is -2.95. The van der Waals surface area contributed by atoms with Crippen LogP contribution in [0.15, 0.2) is 53.6 Å². The smallest absolute Gasteiger partial charge is 0.261 e. The number of aryl methyl sites for hydroxylation is 1. The van der Waals surface area contributed by atoms with Crippen molar-refractivity contribution in [3.8, 4) is 11.1 Å². The molecular formula is C20H20N4O. The van der Waals surface area contributed by atoms with E-state index in [-0.39, 0.29) is 11.6 Å². The fourth-order valence-electron chi connectivity index (χ4n) is 3.28. The molecule has 3 aromatic heterocycles. The lowest BCUT2D eigenvalue weighted by atomic mass is 10.0. The van der Waals surface area contributed by atoms with Crippen molar-refractivity contribution in [1.29, 1.82) is 0 Å². The summed E-state index contributed by atoms with van der Waals surface area (Å²) in [5.41, 5.74) is 4.67. The van der Waals surface area contributed by atoms with E-state index >= 15 is 0 Å². The molecule has 0 radical (unpaired) electrons. The van der Waals surface area contributed by atoms with Crippen molar-refractivity contribution in [2.45, 2.75) is 33.2 Å². The number of fused-ring (bicyclic) bond motifs is 3. The van der Waals surface area contributed by atoms with Crippen LogP contribution in [0.25, 0.3) is 27.7 Å². The van der Waals surface area contributed by atoms with Crippen molar-refractivity contribution in [1.82, 2.24) is 19.2 Å². The number of aromatic nitrogens is 4. The van der Waals surface area contributed by atoms with Gasteiger partial charge in [0.1, 0.15) is 0 Å². The number of nitrogens with zero attached hydrogens (tertiary/aromatic N) is 4. The van der Waals surface area contributed by atoms with Gasteiger partial charge in [0.15, 0.2) is 5.65 Å². The first-order chi connectivity index (χ1) is 12.1. The second kappa shape index (κ2) is 5.84. The zero-order chi connectivity index (χ0) is 17.6. The van der Waals surface area contributed by atoms with Crippen molar-refractivity contribution >= 4 is 16.6 Å². The minimum Gasteiger partial charge on any atom is -0.312 e. The Labute approximate surface area is 145 Å². The van der Waals surface area contributed by atoms with Crippen LogP contribution < -0.4 is 5.56 Å². The molecule has 4 rings (SSSR count). The van der Waals surface area contributed by atoms with E-state index in [1.807, 2.05) is 48.8 Å². The third-order valence-electron chi connectivity index (χ3n) is 4.57. The molecule has 25 heavy (non-hydrogen) atoms. The van der Waals surface area contributed by atoms with Crippen LogP contribution in [0.5, 0.6) is 0 Å². The first kappa shape index (κ1) is 15.6. The van der Waals surface area contributed by atoms with E-state index in [9.17, 15) is 4.79 Å². The monoisotopic (exact) mass is 332 g/mol. The third kappa shape index (κ3) is 2.35. The largest absolute Gasteiger partial charge is 0.312 e. The molecule has 0 saturated carbocycles. The summed E-state index contributed by atoms with van der Waals surface area (Å²) in [6.07, 6.45) is 4.32. The van der Waals surface area contributed by atoms with E-state index in [4.69, 9.17) is 5.10 Å². The fraction of sp³-hybridized carbons (Fsp3) is 0.250. The van der Waals surface area contributed by atoms with Gasteiger partial charge in [0, 0.05) is 24.0 Å². The molecule has 0 aliphatic heterocycles. The summed E-state index contributed by atoms with van der Waals surface area (Å²) in [7, 11) is 0. The quantitative estimate of drug-likeness (QED) is 0.572. The van der Waals surface area contributed by atoms with Crippen molar-refractivity contribution in [2.24, 2.45) is 0 Å². The van der Waals surface area contributed by atoms with Crippen molar-refractivity contribution in [3.05, 3.63) is 64.8 Å². The number of pyridine rings is 1. The van der Waals surface area contributed by atoms with E-state index < -0.39 is 0 Å². The van der Waals surface area contributed by atoms with Crippen molar-refractivity contribution in [3.63, 3.8) is 0 Å². The molecule has 0 amide bonds. The maximum atomic E-state index is 12.7. The van der Waals surface area contributed by atoms with E-state index in [0.717, 1.165) is 34.4 Å². The first-order valence-corrected chi connectivity index (χ1v) is 8.58. The lowest BCUT2D eigenvalue weighted by molar-refractivity contribution is 0.582. The highest BCUT2D eigenvalue weighted by molar-refractivity contribution is 5.86. The average molecular weight is 332 g/mol. The minimum atomic E-state index is -0.0308. The highest BCUT2D eigenvalue weighted by Gasteiger charge is 2.17. The molecule has 3 heterocycles. The van der Waals surface area contributed by atoms with Gasteiger partial charge in [0.2, 0.25) is 0 Å². The molecule has 0 atom stereocenters. The summed E-state index contributed by atoms with van der Waals surface area (Å²) in [5, 5.41) is 5.35. The molecule has 5 nitrogen and oxygen atoms in total. The molecule has 126 valence electrons. The van der Waals surface area contributed by atoms with Gasteiger partial charge < -0.3 is 4.57 Å². The number of rotatable bonds is 3. The Bertz CT molecular complexity index is 1120. The van der Waals surface area contributed by atoms with Crippen LogP contribution in [0, 0.1) is 0 Å². The standard InChI is InChI=1S/C20H20N4O/c1-4-16-18(14-8-6-5-7-9-14)19-21-12-15-17(24(19)22-16)10-11-23(13(2)3)20(15)25/h5-13H,4H2,1-3H3. The second-order valence-corrected chi connectivity index (χ2v) is 6.46. The Kier molecular flexibility index (Phi) is 3.64. The molecule has 0 spiro atoms. The minimum absolute atomic E-state index is 0.0308. The molecule has 0 bridgehead atoms. The normalized spacial score (nSPS) is 11.7. The zero-order valence-corrected chi connectivity index (χ0v) is 14.6.